The number of benzene rings is 2. The number of aromatic nitrogens is 2. The van der Waals surface area contributed by atoms with Crippen LogP contribution in [0.1, 0.15) is 11.1 Å². The van der Waals surface area contributed by atoms with Gasteiger partial charge < -0.3 is 19.7 Å². The van der Waals surface area contributed by atoms with Gasteiger partial charge in [-0.25, -0.2) is 4.79 Å². The summed E-state index contributed by atoms with van der Waals surface area (Å²) >= 11 is 0. The van der Waals surface area contributed by atoms with Gasteiger partial charge in [-0.3, -0.25) is 4.79 Å². The Bertz CT molecular complexity index is 1060. The highest BCUT2D eigenvalue weighted by Crippen LogP contribution is 2.34. The molecule has 0 bridgehead atoms. The molecule has 1 aliphatic heterocycles. The molecule has 1 atom stereocenters. The maximum absolute atomic E-state index is 12.8. The number of nitrogens with one attached hydrogen (secondary N) is 1. The van der Waals surface area contributed by atoms with Crippen molar-refractivity contribution in [3.63, 3.8) is 0 Å². The lowest BCUT2D eigenvalue weighted by atomic mass is 10.1. The van der Waals surface area contributed by atoms with E-state index in [1.165, 1.54) is 9.58 Å². The van der Waals surface area contributed by atoms with E-state index in [4.69, 9.17) is 9.47 Å². The van der Waals surface area contributed by atoms with Crippen LogP contribution in [-0.2, 0) is 11.2 Å². The number of nitrogens with zero attached hydrogens (tertiary/aromatic N) is 3. The van der Waals surface area contributed by atoms with Crippen LogP contribution < -0.4 is 19.7 Å². The van der Waals surface area contributed by atoms with E-state index in [9.17, 15) is 9.59 Å². The summed E-state index contributed by atoms with van der Waals surface area (Å²) in [7, 11) is 3.21. The van der Waals surface area contributed by atoms with Crippen molar-refractivity contribution in [2.45, 2.75) is 12.5 Å². The van der Waals surface area contributed by atoms with Gasteiger partial charge in [-0.05, 0) is 23.3 Å². The number of amides is 2. The molecule has 30 heavy (non-hydrogen) atoms. The number of likely N-dealkylation sites (N-methyl/N-ethyl adjacent to an activating group) is 1. The quantitative estimate of drug-likeness (QED) is 0.719. The summed E-state index contributed by atoms with van der Waals surface area (Å²) in [5, 5.41) is 6.84. The number of rotatable bonds is 4. The van der Waals surface area contributed by atoms with Crippen molar-refractivity contribution in [1.29, 1.82) is 0 Å². The van der Waals surface area contributed by atoms with Gasteiger partial charge in [0.15, 0.2) is 0 Å². The highest BCUT2D eigenvalue weighted by Gasteiger charge is 2.31. The normalized spacial score (nSPS) is 15.7. The molecule has 4 rings (SSSR count). The van der Waals surface area contributed by atoms with E-state index < -0.39 is 12.1 Å². The highest BCUT2D eigenvalue weighted by molar-refractivity contribution is 6.00. The van der Waals surface area contributed by atoms with Crippen LogP contribution in [0.4, 0.5) is 10.5 Å². The van der Waals surface area contributed by atoms with Gasteiger partial charge in [0.1, 0.15) is 24.1 Å². The molecule has 1 aliphatic rings. The highest BCUT2D eigenvalue weighted by atomic mass is 16.5. The molecule has 2 heterocycles. The molecule has 1 aromatic heterocycles. The smallest absolute Gasteiger partial charge is 0.342 e. The minimum atomic E-state index is -0.845. The van der Waals surface area contributed by atoms with Crippen molar-refractivity contribution >= 4 is 17.6 Å². The number of hydrogen-bond acceptors (Lipinski definition) is 5. The van der Waals surface area contributed by atoms with Gasteiger partial charge in [-0.15, -0.1) is 0 Å². The molecule has 0 saturated carbocycles. The standard InChI is InChI=1S/C22H22N4O4/c1-25-19-9-8-17(29-2)11-20(19)30-14-18(21(25)27)24-22(28)26-13-16(12-23-26)10-15-6-4-3-5-7-15/h3-9,11-13,18H,10,14H2,1-2H3,(H,24,28)/t18-/m0/s1. The van der Waals surface area contributed by atoms with E-state index in [0.717, 1.165) is 11.1 Å². The fourth-order valence-electron chi connectivity index (χ4n) is 3.32. The third kappa shape index (κ3) is 3.98. The van der Waals surface area contributed by atoms with Gasteiger partial charge in [0.25, 0.3) is 5.91 Å². The predicted octanol–water partition coefficient (Wildman–Crippen LogP) is 2.46. The van der Waals surface area contributed by atoms with Crippen LogP contribution in [0.25, 0.3) is 0 Å². The maximum atomic E-state index is 12.8. The second kappa shape index (κ2) is 8.28. The molecule has 2 amide bonds. The number of fused-ring (bicyclic) bond motifs is 1. The van der Waals surface area contributed by atoms with Crippen LogP contribution in [0, 0.1) is 0 Å². The summed E-state index contributed by atoms with van der Waals surface area (Å²) in [5.41, 5.74) is 2.64. The van der Waals surface area contributed by atoms with Crippen LogP contribution in [-0.4, -0.2) is 48.5 Å². The lowest BCUT2D eigenvalue weighted by Gasteiger charge is -2.20. The molecular formula is C22H22N4O4. The Morgan fingerprint density at radius 2 is 2.03 bits per heavy atom. The summed E-state index contributed by atoms with van der Waals surface area (Å²) in [4.78, 5) is 27.0. The minimum Gasteiger partial charge on any atom is -0.497 e. The Hall–Kier alpha value is -3.81. The van der Waals surface area contributed by atoms with Crippen molar-refractivity contribution in [2.75, 3.05) is 25.7 Å². The second-order valence-corrected chi connectivity index (χ2v) is 7.00. The molecule has 0 unspecified atom stereocenters. The van der Waals surface area contributed by atoms with Crippen LogP contribution in [0.2, 0.25) is 0 Å². The zero-order valence-electron chi connectivity index (χ0n) is 16.7. The molecule has 3 aromatic rings. The average Bonchev–Trinajstić information content (AvgIpc) is 3.20. The first-order chi connectivity index (χ1) is 14.5. The monoisotopic (exact) mass is 406 g/mol. The van der Waals surface area contributed by atoms with E-state index in [2.05, 4.69) is 10.4 Å². The third-order valence-corrected chi connectivity index (χ3v) is 4.96. The maximum Gasteiger partial charge on any atom is 0.342 e. The summed E-state index contributed by atoms with van der Waals surface area (Å²) < 4.78 is 12.2. The topological polar surface area (TPSA) is 85.7 Å². The molecule has 0 fully saturated rings. The number of ether oxygens (including phenoxy) is 2. The fraction of sp³-hybridized carbons (Fsp3) is 0.227. The molecule has 0 radical (unpaired) electrons. The SMILES string of the molecule is COc1ccc2c(c1)OC[C@H](NC(=O)n1cc(Cc3ccccc3)cn1)C(=O)N2C. The van der Waals surface area contributed by atoms with Gasteiger partial charge in [0, 0.05) is 25.7 Å². The first-order valence-electron chi connectivity index (χ1n) is 9.52. The first kappa shape index (κ1) is 19.5. The van der Waals surface area contributed by atoms with Crippen LogP contribution in [0.5, 0.6) is 11.5 Å². The van der Waals surface area contributed by atoms with Gasteiger partial charge in [0.05, 0.1) is 19.0 Å². The van der Waals surface area contributed by atoms with Gasteiger partial charge in [0.2, 0.25) is 0 Å². The number of methoxy groups -OCH3 is 1. The Balaban J connectivity index is 1.45. The second-order valence-electron chi connectivity index (χ2n) is 7.00. The fourth-order valence-corrected chi connectivity index (χ4v) is 3.32. The van der Waals surface area contributed by atoms with Crippen molar-refractivity contribution in [3.05, 3.63) is 72.1 Å². The van der Waals surface area contributed by atoms with Crippen molar-refractivity contribution in [3.8, 4) is 11.5 Å². The van der Waals surface area contributed by atoms with Crippen molar-refractivity contribution in [2.24, 2.45) is 0 Å². The predicted molar refractivity (Wildman–Crippen MR) is 111 cm³/mol. The first-order valence-corrected chi connectivity index (χ1v) is 9.52. The van der Waals surface area contributed by atoms with Crippen LogP contribution >= 0.6 is 0 Å². The van der Waals surface area contributed by atoms with E-state index >= 15 is 0 Å². The molecule has 154 valence electrons. The zero-order valence-corrected chi connectivity index (χ0v) is 16.7. The van der Waals surface area contributed by atoms with Crippen molar-refractivity contribution < 1.29 is 19.1 Å². The van der Waals surface area contributed by atoms with Gasteiger partial charge in [-0.1, -0.05) is 30.3 Å². The molecule has 1 N–H and O–H groups in total. The lowest BCUT2D eigenvalue weighted by molar-refractivity contribution is -0.120. The van der Waals surface area contributed by atoms with Gasteiger partial charge >= 0.3 is 6.03 Å². The summed E-state index contributed by atoms with van der Waals surface area (Å²) in [6.45, 7) is 0.00716. The Kier molecular flexibility index (Phi) is 5.38. The summed E-state index contributed by atoms with van der Waals surface area (Å²) in [6, 6.07) is 13.8. The van der Waals surface area contributed by atoms with Crippen LogP contribution in [0.3, 0.4) is 0 Å². The zero-order chi connectivity index (χ0) is 21.1. The van der Waals surface area contributed by atoms with E-state index in [1.807, 2.05) is 30.3 Å². The van der Waals surface area contributed by atoms with E-state index in [1.54, 1.807) is 44.8 Å². The minimum absolute atomic E-state index is 0.00716. The lowest BCUT2D eigenvalue weighted by Crippen LogP contribution is -2.50. The number of carbonyl (C=O) groups is 2. The largest absolute Gasteiger partial charge is 0.497 e. The summed E-state index contributed by atoms with van der Waals surface area (Å²) in [5.74, 6) is 0.870. The molecule has 0 aliphatic carbocycles. The third-order valence-electron chi connectivity index (χ3n) is 4.96. The molecule has 0 saturated heterocycles. The number of carbonyl (C=O) groups excluding carboxylic acids is 2. The Labute approximate surface area is 174 Å². The average molecular weight is 406 g/mol. The van der Waals surface area contributed by atoms with Crippen LogP contribution in [0.15, 0.2) is 60.9 Å². The Morgan fingerprint density at radius 3 is 2.80 bits per heavy atom. The molecular weight excluding hydrogens is 384 g/mol. The van der Waals surface area contributed by atoms with Crippen molar-refractivity contribution in [1.82, 2.24) is 15.1 Å². The Morgan fingerprint density at radius 1 is 1.23 bits per heavy atom. The van der Waals surface area contributed by atoms with E-state index in [-0.39, 0.29) is 12.5 Å². The number of anilines is 1. The summed E-state index contributed by atoms with van der Waals surface area (Å²) in [6.07, 6.45) is 3.97. The van der Waals surface area contributed by atoms with Gasteiger partial charge in [-0.2, -0.15) is 9.78 Å². The number of hydrogen-bond donors (Lipinski definition) is 1. The molecule has 8 heteroatoms. The molecule has 0 spiro atoms. The van der Waals surface area contributed by atoms with E-state index in [0.29, 0.717) is 23.6 Å². The molecule has 2 aromatic carbocycles. The molecule has 8 nitrogen and oxygen atoms in total.